The molecule has 0 spiro atoms. The van der Waals surface area contributed by atoms with Crippen LogP contribution in [0.3, 0.4) is 0 Å². The third kappa shape index (κ3) is 6.30. The number of pyridine rings is 1. The first-order valence-corrected chi connectivity index (χ1v) is 12.0. The number of hydrogen-bond acceptors (Lipinski definition) is 6. The van der Waals surface area contributed by atoms with E-state index < -0.39 is 17.2 Å². The molecule has 0 saturated heterocycles. The fourth-order valence-electron chi connectivity index (χ4n) is 3.83. The number of aromatic nitrogens is 1. The highest BCUT2D eigenvalue weighted by Gasteiger charge is 2.35. The molecule has 3 aromatic rings. The molecule has 190 valence electrons. The standard InChI is InChI=1S/C30H36N2O4/c1-19-16-21(17-20(2)26(19)35-30(6,7)28(34)36-29(3,4)5)14-15-25(33)23-18-22-12-10-11-13-24(22)31-27(23)32(8)9/h10-18H,1-9H3. The van der Waals surface area contributed by atoms with E-state index in [4.69, 9.17) is 9.47 Å². The molecule has 6 heteroatoms. The van der Waals surface area contributed by atoms with Crippen molar-refractivity contribution >= 4 is 34.5 Å². The number of carbonyl (C=O) groups is 2. The topological polar surface area (TPSA) is 68.7 Å². The van der Waals surface area contributed by atoms with Crippen molar-refractivity contribution in [2.75, 3.05) is 19.0 Å². The first-order valence-electron chi connectivity index (χ1n) is 12.0. The molecular formula is C30H36N2O4. The van der Waals surface area contributed by atoms with Crippen LogP contribution >= 0.6 is 0 Å². The quantitative estimate of drug-likeness (QED) is 0.220. The first kappa shape index (κ1) is 26.9. The summed E-state index contributed by atoms with van der Waals surface area (Å²) in [6, 6.07) is 13.5. The van der Waals surface area contributed by atoms with Gasteiger partial charge >= 0.3 is 5.97 Å². The number of hydrogen-bond donors (Lipinski definition) is 0. The molecule has 36 heavy (non-hydrogen) atoms. The van der Waals surface area contributed by atoms with Gasteiger partial charge in [-0.2, -0.15) is 0 Å². The van der Waals surface area contributed by atoms with Crippen LogP contribution in [0.15, 0.2) is 48.5 Å². The molecule has 0 atom stereocenters. The Bertz CT molecular complexity index is 1310. The number of benzene rings is 2. The number of fused-ring (bicyclic) bond motifs is 1. The van der Waals surface area contributed by atoms with Crippen molar-refractivity contribution in [3.8, 4) is 5.75 Å². The zero-order valence-corrected chi connectivity index (χ0v) is 22.7. The van der Waals surface area contributed by atoms with Gasteiger partial charge in [-0.25, -0.2) is 9.78 Å². The number of rotatable bonds is 7. The molecule has 1 heterocycles. The summed E-state index contributed by atoms with van der Waals surface area (Å²) in [7, 11) is 3.75. The molecule has 2 aromatic carbocycles. The number of anilines is 1. The monoisotopic (exact) mass is 488 g/mol. The van der Waals surface area contributed by atoms with Crippen molar-refractivity contribution in [2.24, 2.45) is 0 Å². The maximum atomic E-state index is 13.2. The van der Waals surface area contributed by atoms with Crippen LogP contribution in [0.25, 0.3) is 17.0 Å². The number of para-hydroxylation sites is 1. The average Bonchev–Trinajstić information content (AvgIpc) is 2.77. The summed E-state index contributed by atoms with van der Waals surface area (Å²) in [5, 5.41) is 0.917. The Morgan fingerprint density at radius 1 is 0.944 bits per heavy atom. The normalized spacial score (nSPS) is 12.1. The van der Waals surface area contributed by atoms with Gasteiger partial charge in [0, 0.05) is 19.5 Å². The van der Waals surface area contributed by atoms with Gasteiger partial charge in [0.25, 0.3) is 0 Å². The van der Waals surface area contributed by atoms with E-state index in [0.717, 1.165) is 27.6 Å². The third-order valence-corrected chi connectivity index (χ3v) is 5.55. The molecule has 0 aliphatic heterocycles. The van der Waals surface area contributed by atoms with E-state index in [1.807, 2.05) is 96.1 Å². The summed E-state index contributed by atoms with van der Waals surface area (Å²) in [5.41, 5.74) is 2.22. The van der Waals surface area contributed by atoms with Crippen molar-refractivity contribution < 1.29 is 19.1 Å². The zero-order valence-electron chi connectivity index (χ0n) is 22.7. The lowest BCUT2D eigenvalue weighted by Crippen LogP contribution is -2.43. The Morgan fingerprint density at radius 3 is 2.14 bits per heavy atom. The van der Waals surface area contributed by atoms with Crippen molar-refractivity contribution in [1.82, 2.24) is 4.98 Å². The molecule has 6 nitrogen and oxygen atoms in total. The second-order valence-corrected chi connectivity index (χ2v) is 10.7. The minimum Gasteiger partial charge on any atom is -0.476 e. The van der Waals surface area contributed by atoms with Crippen LogP contribution < -0.4 is 9.64 Å². The lowest BCUT2D eigenvalue weighted by atomic mass is 10.0. The largest absolute Gasteiger partial charge is 0.476 e. The summed E-state index contributed by atoms with van der Waals surface area (Å²) in [4.78, 5) is 32.3. The predicted octanol–water partition coefficient (Wildman–Crippen LogP) is 6.31. The van der Waals surface area contributed by atoms with Crippen molar-refractivity contribution in [2.45, 2.75) is 59.7 Å². The van der Waals surface area contributed by atoms with Crippen molar-refractivity contribution in [3.05, 3.63) is 70.8 Å². The van der Waals surface area contributed by atoms with Gasteiger partial charge in [0.2, 0.25) is 0 Å². The summed E-state index contributed by atoms with van der Waals surface area (Å²) in [5.74, 6) is 0.703. The molecule has 0 radical (unpaired) electrons. The highest BCUT2D eigenvalue weighted by molar-refractivity contribution is 6.11. The van der Waals surface area contributed by atoms with Gasteiger partial charge < -0.3 is 14.4 Å². The third-order valence-electron chi connectivity index (χ3n) is 5.55. The van der Waals surface area contributed by atoms with Gasteiger partial charge in [-0.1, -0.05) is 24.3 Å². The zero-order chi connectivity index (χ0) is 26.8. The molecule has 0 bridgehead atoms. The van der Waals surface area contributed by atoms with Gasteiger partial charge in [-0.3, -0.25) is 4.79 Å². The Hall–Kier alpha value is -3.67. The SMILES string of the molecule is Cc1cc(C=CC(=O)c2cc3ccccc3nc2N(C)C)cc(C)c1OC(C)(C)C(=O)OC(C)(C)C. The lowest BCUT2D eigenvalue weighted by Gasteiger charge is -2.30. The van der Waals surface area contributed by atoms with E-state index in [2.05, 4.69) is 4.98 Å². The minimum atomic E-state index is -1.15. The van der Waals surface area contributed by atoms with Crippen LogP contribution in [0.4, 0.5) is 5.82 Å². The maximum Gasteiger partial charge on any atom is 0.350 e. The fraction of sp³-hybridized carbons (Fsp3) is 0.367. The number of esters is 1. The summed E-state index contributed by atoms with van der Waals surface area (Å²) in [6.07, 6.45) is 3.36. The van der Waals surface area contributed by atoms with Gasteiger partial charge in [0.1, 0.15) is 17.2 Å². The minimum absolute atomic E-state index is 0.126. The number of carbonyl (C=O) groups excluding carboxylic acids is 2. The van der Waals surface area contributed by atoms with Gasteiger partial charge in [0.15, 0.2) is 11.4 Å². The van der Waals surface area contributed by atoms with E-state index in [0.29, 0.717) is 17.1 Å². The average molecular weight is 489 g/mol. The molecule has 0 saturated carbocycles. The van der Waals surface area contributed by atoms with Crippen LogP contribution in [0, 0.1) is 13.8 Å². The Balaban J connectivity index is 1.86. The molecule has 0 amide bonds. The second-order valence-electron chi connectivity index (χ2n) is 10.7. The molecule has 0 aliphatic rings. The number of aryl methyl sites for hydroxylation is 2. The van der Waals surface area contributed by atoms with Gasteiger partial charge in [0.05, 0.1) is 11.1 Å². The van der Waals surface area contributed by atoms with Crippen molar-refractivity contribution in [1.29, 1.82) is 0 Å². The Morgan fingerprint density at radius 2 is 1.56 bits per heavy atom. The van der Waals surface area contributed by atoms with Crippen LogP contribution in [-0.4, -0.2) is 42.0 Å². The summed E-state index contributed by atoms with van der Waals surface area (Å²) < 4.78 is 11.6. The second kappa shape index (κ2) is 10.1. The molecule has 0 aliphatic carbocycles. The van der Waals surface area contributed by atoms with E-state index in [-0.39, 0.29) is 5.78 Å². The highest BCUT2D eigenvalue weighted by atomic mass is 16.6. The Labute approximate surface area is 213 Å². The van der Waals surface area contributed by atoms with E-state index >= 15 is 0 Å². The van der Waals surface area contributed by atoms with Gasteiger partial charge in [-0.15, -0.1) is 0 Å². The molecule has 0 unspecified atom stereocenters. The highest BCUT2D eigenvalue weighted by Crippen LogP contribution is 2.30. The van der Waals surface area contributed by atoms with E-state index in [9.17, 15) is 9.59 Å². The lowest BCUT2D eigenvalue weighted by molar-refractivity contribution is -0.171. The van der Waals surface area contributed by atoms with E-state index in [1.54, 1.807) is 26.0 Å². The van der Waals surface area contributed by atoms with Gasteiger partial charge in [-0.05, 0) is 95.5 Å². The molecule has 0 fully saturated rings. The summed E-state index contributed by atoms with van der Waals surface area (Å²) in [6.45, 7) is 12.7. The van der Waals surface area contributed by atoms with Crippen molar-refractivity contribution in [3.63, 3.8) is 0 Å². The van der Waals surface area contributed by atoms with Crippen LogP contribution in [0.2, 0.25) is 0 Å². The number of nitrogens with zero attached hydrogens (tertiary/aromatic N) is 2. The molecule has 0 N–H and O–H groups in total. The smallest absolute Gasteiger partial charge is 0.350 e. The molecule has 3 rings (SSSR count). The Kier molecular flexibility index (Phi) is 7.58. The molecule has 1 aromatic heterocycles. The van der Waals surface area contributed by atoms with Crippen LogP contribution in [0.1, 0.15) is 61.7 Å². The predicted molar refractivity (Wildman–Crippen MR) is 146 cm³/mol. The first-order chi connectivity index (χ1) is 16.7. The summed E-state index contributed by atoms with van der Waals surface area (Å²) >= 11 is 0. The van der Waals surface area contributed by atoms with E-state index in [1.165, 1.54) is 0 Å². The van der Waals surface area contributed by atoms with Crippen LogP contribution in [0.5, 0.6) is 5.75 Å². The fourth-order valence-corrected chi connectivity index (χ4v) is 3.83. The number of allylic oxidation sites excluding steroid dienone is 1. The number of ketones is 1. The number of ether oxygens (including phenoxy) is 2. The molecular weight excluding hydrogens is 452 g/mol. The van der Waals surface area contributed by atoms with Crippen LogP contribution in [-0.2, 0) is 9.53 Å². The maximum absolute atomic E-state index is 13.2.